The van der Waals surface area contributed by atoms with Gasteiger partial charge in [-0.3, -0.25) is 9.69 Å². The third kappa shape index (κ3) is 5.34. The molecule has 1 fully saturated rings. The summed E-state index contributed by atoms with van der Waals surface area (Å²) in [6.45, 7) is 6.12. The Labute approximate surface area is 193 Å². The van der Waals surface area contributed by atoms with Gasteiger partial charge in [0.25, 0.3) is 0 Å². The second-order valence-electron chi connectivity index (χ2n) is 8.46. The summed E-state index contributed by atoms with van der Waals surface area (Å²) in [5.41, 5.74) is 3.91. The Morgan fingerprint density at radius 3 is 2.73 bits per heavy atom. The maximum Gasteiger partial charge on any atom is 0.241 e. The van der Waals surface area contributed by atoms with Crippen LogP contribution >= 0.6 is 0 Å². The first-order valence-corrected chi connectivity index (χ1v) is 11.1. The molecule has 1 aliphatic heterocycles. The van der Waals surface area contributed by atoms with Gasteiger partial charge in [-0.2, -0.15) is 4.98 Å². The number of amides is 1. The fourth-order valence-electron chi connectivity index (χ4n) is 4.20. The van der Waals surface area contributed by atoms with Crippen LogP contribution in [-0.2, 0) is 11.3 Å². The molecule has 8 heteroatoms. The number of anilines is 1. The van der Waals surface area contributed by atoms with E-state index in [0.29, 0.717) is 36.3 Å². The number of benzene rings is 2. The molecule has 1 atom stereocenters. The Morgan fingerprint density at radius 2 is 1.97 bits per heavy atom. The van der Waals surface area contributed by atoms with Crippen LogP contribution in [0.25, 0.3) is 11.4 Å². The summed E-state index contributed by atoms with van der Waals surface area (Å²) in [6.07, 6.45) is 1.82. The van der Waals surface area contributed by atoms with E-state index in [9.17, 15) is 4.79 Å². The topological polar surface area (TPSA) is 89.7 Å². The van der Waals surface area contributed by atoms with Crippen LogP contribution in [-0.4, -0.2) is 48.3 Å². The molecule has 174 valence electrons. The number of methoxy groups -OCH3 is 2. The fourth-order valence-corrected chi connectivity index (χ4v) is 4.20. The lowest BCUT2D eigenvalue weighted by Gasteiger charge is -2.31. The van der Waals surface area contributed by atoms with Crippen molar-refractivity contribution in [2.75, 3.05) is 32.6 Å². The van der Waals surface area contributed by atoms with Crippen molar-refractivity contribution in [2.45, 2.75) is 33.2 Å². The predicted octanol–water partition coefficient (Wildman–Crippen LogP) is 4.22. The molecule has 2 heterocycles. The van der Waals surface area contributed by atoms with E-state index in [-0.39, 0.29) is 11.8 Å². The molecule has 33 heavy (non-hydrogen) atoms. The van der Waals surface area contributed by atoms with Gasteiger partial charge in [0.2, 0.25) is 17.6 Å². The summed E-state index contributed by atoms with van der Waals surface area (Å²) >= 11 is 0. The van der Waals surface area contributed by atoms with Crippen LogP contribution < -0.4 is 14.8 Å². The Hall–Kier alpha value is -3.39. The quantitative estimate of drug-likeness (QED) is 0.576. The van der Waals surface area contributed by atoms with Gasteiger partial charge in [-0.15, -0.1) is 0 Å². The highest BCUT2D eigenvalue weighted by molar-refractivity contribution is 5.93. The zero-order valence-corrected chi connectivity index (χ0v) is 19.6. The number of aromatic nitrogens is 2. The van der Waals surface area contributed by atoms with Crippen molar-refractivity contribution in [1.29, 1.82) is 0 Å². The third-order valence-electron chi connectivity index (χ3n) is 5.98. The number of nitrogens with zero attached hydrogens (tertiary/aromatic N) is 3. The Bertz CT molecular complexity index is 1130. The number of ether oxygens (including phenoxy) is 2. The van der Waals surface area contributed by atoms with E-state index in [1.54, 1.807) is 14.2 Å². The average Bonchev–Trinajstić information content (AvgIpc) is 3.29. The standard InChI is InChI=1S/C25H30N4O4/c1-16-7-9-20(17(2)12-16)26-25(30)19-6-5-11-29(14-19)15-23-27-24(28-33-23)18-8-10-21(31-3)22(13-18)32-4/h7-10,12-13,19H,5-6,11,14-15H2,1-4H3,(H,26,30)/t19-/m1/s1. The maximum absolute atomic E-state index is 12.9. The number of carbonyl (C=O) groups is 1. The number of nitrogens with one attached hydrogen (secondary N) is 1. The number of rotatable bonds is 7. The number of hydrogen-bond donors (Lipinski definition) is 1. The zero-order chi connectivity index (χ0) is 23.4. The van der Waals surface area contributed by atoms with E-state index in [1.165, 1.54) is 5.56 Å². The van der Waals surface area contributed by atoms with Gasteiger partial charge in [-0.1, -0.05) is 22.9 Å². The van der Waals surface area contributed by atoms with E-state index in [2.05, 4.69) is 26.4 Å². The van der Waals surface area contributed by atoms with Crippen LogP contribution in [0.2, 0.25) is 0 Å². The lowest BCUT2D eigenvalue weighted by atomic mass is 9.96. The Balaban J connectivity index is 1.39. The Morgan fingerprint density at radius 1 is 1.15 bits per heavy atom. The van der Waals surface area contributed by atoms with E-state index in [1.807, 2.05) is 44.2 Å². The van der Waals surface area contributed by atoms with E-state index in [4.69, 9.17) is 14.0 Å². The summed E-state index contributed by atoms with van der Waals surface area (Å²) in [4.78, 5) is 19.6. The third-order valence-corrected chi connectivity index (χ3v) is 5.98. The first-order chi connectivity index (χ1) is 16.0. The van der Waals surface area contributed by atoms with Crippen LogP contribution in [0.1, 0.15) is 29.9 Å². The molecule has 0 spiro atoms. The van der Waals surface area contributed by atoms with Crippen LogP contribution in [0.3, 0.4) is 0 Å². The molecule has 0 bridgehead atoms. The van der Waals surface area contributed by atoms with Crippen molar-refractivity contribution in [3.05, 3.63) is 53.4 Å². The van der Waals surface area contributed by atoms with Crippen molar-refractivity contribution in [3.8, 4) is 22.9 Å². The van der Waals surface area contributed by atoms with Crippen LogP contribution in [0.5, 0.6) is 11.5 Å². The van der Waals surface area contributed by atoms with E-state index in [0.717, 1.165) is 36.2 Å². The molecular formula is C25H30N4O4. The molecule has 2 aromatic carbocycles. The minimum Gasteiger partial charge on any atom is -0.493 e. The van der Waals surface area contributed by atoms with Crippen LogP contribution in [0.4, 0.5) is 5.69 Å². The van der Waals surface area contributed by atoms with Crippen LogP contribution in [0.15, 0.2) is 40.9 Å². The minimum absolute atomic E-state index is 0.0585. The lowest BCUT2D eigenvalue weighted by Crippen LogP contribution is -2.40. The van der Waals surface area contributed by atoms with Gasteiger partial charge in [-0.25, -0.2) is 0 Å². The van der Waals surface area contributed by atoms with Gasteiger partial charge in [0.1, 0.15) is 0 Å². The van der Waals surface area contributed by atoms with Gasteiger partial charge < -0.3 is 19.3 Å². The van der Waals surface area contributed by atoms with Crippen molar-refractivity contribution in [3.63, 3.8) is 0 Å². The summed E-state index contributed by atoms with van der Waals surface area (Å²) in [6, 6.07) is 11.6. The Kier molecular flexibility index (Phi) is 6.93. The average molecular weight is 451 g/mol. The molecule has 0 unspecified atom stereocenters. The number of aryl methyl sites for hydroxylation is 2. The number of hydrogen-bond acceptors (Lipinski definition) is 7. The molecule has 1 aromatic heterocycles. The molecule has 1 amide bonds. The summed E-state index contributed by atoms with van der Waals surface area (Å²) in [7, 11) is 3.18. The lowest BCUT2D eigenvalue weighted by molar-refractivity contribution is -0.121. The summed E-state index contributed by atoms with van der Waals surface area (Å²) in [5, 5.41) is 7.22. The van der Waals surface area contributed by atoms with Crippen LogP contribution in [0, 0.1) is 19.8 Å². The first-order valence-electron chi connectivity index (χ1n) is 11.1. The number of piperidine rings is 1. The van der Waals surface area contributed by atoms with Gasteiger partial charge in [0, 0.05) is 17.8 Å². The summed E-state index contributed by atoms with van der Waals surface area (Å²) < 4.78 is 16.1. The highest BCUT2D eigenvalue weighted by Gasteiger charge is 2.27. The van der Waals surface area contributed by atoms with Crippen molar-refractivity contribution >= 4 is 11.6 Å². The van der Waals surface area contributed by atoms with Crippen molar-refractivity contribution in [2.24, 2.45) is 5.92 Å². The second kappa shape index (κ2) is 10.0. The molecule has 1 N–H and O–H groups in total. The molecule has 0 saturated carbocycles. The molecule has 0 radical (unpaired) electrons. The SMILES string of the molecule is COc1ccc(-c2noc(CN3CCC[C@@H](C(=O)Nc4ccc(C)cc4C)C3)n2)cc1OC. The number of carbonyl (C=O) groups excluding carboxylic acids is 1. The normalized spacial score (nSPS) is 16.4. The monoisotopic (exact) mass is 450 g/mol. The highest BCUT2D eigenvalue weighted by Crippen LogP contribution is 2.31. The molecule has 4 rings (SSSR count). The molecule has 8 nitrogen and oxygen atoms in total. The smallest absolute Gasteiger partial charge is 0.241 e. The molecule has 3 aromatic rings. The molecule has 1 saturated heterocycles. The van der Waals surface area contributed by atoms with Gasteiger partial charge >= 0.3 is 0 Å². The van der Waals surface area contributed by atoms with E-state index >= 15 is 0 Å². The molecular weight excluding hydrogens is 420 g/mol. The number of likely N-dealkylation sites (tertiary alicyclic amines) is 1. The first kappa shape index (κ1) is 22.8. The second-order valence-corrected chi connectivity index (χ2v) is 8.46. The fraction of sp³-hybridized carbons (Fsp3) is 0.400. The highest BCUT2D eigenvalue weighted by atomic mass is 16.5. The largest absolute Gasteiger partial charge is 0.493 e. The predicted molar refractivity (Wildman–Crippen MR) is 125 cm³/mol. The summed E-state index contributed by atoms with van der Waals surface area (Å²) in [5.74, 6) is 2.25. The zero-order valence-electron chi connectivity index (χ0n) is 19.6. The van der Waals surface area contributed by atoms with E-state index < -0.39 is 0 Å². The van der Waals surface area contributed by atoms with Gasteiger partial charge in [0.15, 0.2) is 11.5 Å². The minimum atomic E-state index is -0.0762. The van der Waals surface area contributed by atoms with Gasteiger partial charge in [0.05, 0.1) is 26.7 Å². The van der Waals surface area contributed by atoms with Crippen molar-refractivity contribution in [1.82, 2.24) is 15.0 Å². The molecule has 1 aliphatic rings. The maximum atomic E-state index is 12.9. The molecule has 0 aliphatic carbocycles. The van der Waals surface area contributed by atoms with Gasteiger partial charge in [-0.05, 0) is 63.1 Å². The van der Waals surface area contributed by atoms with Crippen molar-refractivity contribution < 1.29 is 18.8 Å².